The average molecular weight is 430 g/mol. The van der Waals surface area contributed by atoms with Crippen LogP contribution in [0.5, 0.6) is 0 Å². The fourth-order valence-electron chi connectivity index (χ4n) is 2.10. The van der Waals surface area contributed by atoms with Gasteiger partial charge in [0.05, 0.1) is 15.5 Å². The fourth-order valence-corrected chi connectivity index (χ4v) is 4.01. The van der Waals surface area contributed by atoms with Crippen LogP contribution in [0, 0.1) is 0 Å². The van der Waals surface area contributed by atoms with E-state index in [9.17, 15) is 13.2 Å². The van der Waals surface area contributed by atoms with Crippen molar-refractivity contribution in [1.29, 1.82) is 0 Å². The summed E-state index contributed by atoms with van der Waals surface area (Å²) in [5.41, 5.74) is 0.685. The molecule has 0 aliphatic heterocycles. The fraction of sp³-hybridized carbons (Fsp3) is 0.188. The maximum absolute atomic E-state index is 12.4. The predicted molar refractivity (Wildman–Crippen MR) is 96.9 cm³/mol. The number of sulfonamides is 1. The molecule has 24 heavy (non-hydrogen) atoms. The second-order valence-corrected chi connectivity index (χ2v) is 8.54. The molecule has 3 rings (SSSR count). The largest absolute Gasteiger partial charge is 0.322 e. The molecule has 0 radical (unpaired) electrons. The van der Waals surface area contributed by atoms with Crippen LogP contribution >= 0.6 is 27.5 Å². The van der Waals surface area contributed by atoms with Gasteiger partial charge in [0.15, 0.2) is 0 Å². The highest BCUT2D eigenvalue weighted by atomic mass is 79.9. The predicted octanol–water partition coefficient (Wildman–Crippen LogP) is 3.80. The van der Waals surface area contributed by atoms with Crippen molar-refractivity contribution >= 4 is 49.1 Å². The molecule has 0 unspecified atom stereocenters. The zero-order valence-electron chi connectivity index (χ0n) is 12.4. The summed E-state index contributed by atoms with van der Waals surface area (Å²) in [6, 6.07) is 11.1. The number of nitrogens with one attached hydrogen (secondary N) is 2. The van der Waals surface area contributed by atoms with Gasteiger partial charge in [0, 0.05) is 16.2 Å². The van der Waals surface area contributed by atoms with E-state index < -0.39 is 15.9 Å². The molecule has 2 aromatic rings. The Morgan fingerprint density at radius 3 is 2.62 bits per heavy atom. The first-order valence-corrected chi connectivity index (χ1v) is 9.89. The van der Waals surface area contributed by atoms with E-state index in [1.165, 1.54) is 12.1 Å². The topological polar surface area (TPSA) is 75.3 Å². The third kappa shape index (κ3) is 4.16. The van der Waals surface area contributed by atoms with Crippen LogP contribution in [0.25, 0.3) is 0 Å². The van der Waals surface area contributed by atoms with Gasteiger partial charge in [-0.25, -0.2) is 13.1 Å². The molecule has 5 nitrogen and oxygen atoms in total. The number of rotatable bonds is 5. The summed E-state index contributed by atoms with van der Waals surface area (Å²) in [4.78, 5) is 12.5. The maximum Gasteiger partial charge on any atom is 0.257 e. The minimum Gasteiger partial charge on any atom is -0.322 e. The zero-order chi connectivity index (χ0) is 17.3. The molecule has 2 aromatic carbocycles. The van der Waals surface area contributed by atoms with Gasteiger partial charge in [-0.15, -0.1) is 0 Å². The van der Waals surface area contributed by atoms with E-state index in [1.54, 1.807) is 30.3 Å². The van der Waals surface area contributed by atoms with E-state index in [0.717, 1.165) is 17.3 Å². The molecule has 1 aliphatic rings. The van der Waals surface area contributed by atoms with Gasteiger partial charge >= 0.3 is 0 Å². The lowest BCUT2D eigenvalue weighted by molar-refractivity contribution is 0.102. The Kier molecular flexibility index (Phi) is 4.96. The zero-order valence-corrected chi connectivity index (χ0v) is 15.6. The molecule has 0 atom stereocenters. The van der Waals surface area contributed by atoms with Crippen molar-refractivity contribution < 1.29 is 13.2 Å². The van der Waals surface area contributed by atoms with Crippen molar-refractivity contribution in [2.75, 3.05) is 5.32 Å². The third-order valence-electron chi connectivity index (χ3n) is 3.47. The Morgan fingerprint density at radius 2 is 1.92 bits per heavy atom. The van der Waals surface area contributed by atoms with Crippen LogP contribution in [0.4, 0.5) is 5.69 Å². The smallest absolute Gasteiger partial charge is 0.257 e. The third-order valence-corrected chi connectivity index (χ3v) is 5.82. The van der Waals surface area contributed by atoms with E-state index in [4.69, 9.17) is 11.6 Å². The highest BCUT2D eigenvalue weighted by molar-refractivity contribution is 9.10. The molecule has 0 bridgehead atoms. The van der Waals surface area contributed by atoms with Gasteiger partial charge in [0.2, 0.25) is 10.0 Å². The second-order valence-electron chi connectivity index (χ2n) is 5.50. The van der Waals surface area contributed by atoms with Gasteiger partial charge in [-0.3, -0.25) is 4.79 Å². The van der Waals surface area contributed by atoms with Crippen molar-refractivity contribution in [3.63, 3.8) is 0 Å². The number of carbonyl (C=O) groups excluding carboxylic acids is 1. The van der Waals surface area contributed by atoms with Crippen LogP contribution in [0.2, 0.25) is 5.02 Å². The monoisotopic (exact) mass is 428 g/mol. The molecule has 1 fully saturated rings. The molecular weight excluding hydrogens is 416 g/mol. The van der Waals surface area contributed by atoms with Gasteiger partial charge in [0.1, 0.15) is 0 Å². The molecule has 0 spiro atoms. The summed E-state index contributed by atoms with van der Waals surface area (Å²) in [7, 11) is -3.57. The number of anilines is 1. The minimum atomic E-state index is -3.57. The van der Waals surface area contributed by atoms with Crippen LogP contribution in [0.3, 0.4) is 0 Å². The number of benzene rings is 2. The molecular formula is C16H14BrClN2O3S. The van der Waals surface area contributed by atoms with E-state index in [0.29, 0.717) is 16.3 Å². The Labute approximate surface area is 153 Å². The highest BCUT2D eigenvalue weighted by Crippen LogP contribution is 2.25. The molecule has 1 amide bonds. The van der Waals surface area contributed by atoms with E-state index in [2.05, 4.69) is 26.0 Å². The van der Waals surface area contributed by atoms with E-state index in [1.807, 2.05) is 0 Å². The minimum absolute atomic E-state index is 0.0220. The number of carbonyl (C=O) groups is 1. The van der Waals surface area contributed by atoms with Crippen molar-refractivity contribution in [2.45, 2.75) is 23.8 Å². The molecule has 1 saturated carbocycles. The van der Waals surface area contributed by atoms with Gasteiger partial charge in [-0.2, -0.15) is 0 Å². The van der Waals surface area contributed by atoms with Crippen LogP contribution in [-0.4, -0.2) is 20.4 Å². The van der Waals surface area contributed by atoms with Crippen molar-refractivity contribution in [3.05, 3.63) is 57.5 Å². The van der Waals surface area contributed by atoms with Crippen LogP contribution in [0.15, 0.2) is 51.8 Å². The van der Waals surface area contributed by atoms with Crippen molar-refractivity contribution in [2.24, 2.45) is 0 Å². The summed E-state index contributed by atoms with van der Waals surface area (Å²) in [6.45, 7) is 0. The quantitative estimate of drug-likeness (QED) is 0.759. The normalized spacial score (nSPS) is 14.4. The van der Waals surface area contributed by atoms with Gasteiger partial charge < -0.3 is 5.32 Å². The first-order chi connectivity index (χ1) is 11.3. The van der Waals surface area contributed by atoms with Gasteiger partial charge in [-0.1, -0.05) is 33.6 Å². The molecule has 1 aliphatic carbocycles. The lowest BCUT2D eigenvalue weighted by Crippen LogP contribution is -2.25. The maximum atomic E-state index is 12.4. The van der Waals surface area contributed by atoms with Crippen LogP contribution in [0.1, 0.15) is 23.2 Å². The molecule has 0 saturated heterocycles. The van der Waals surface area contributed by atoms with Crippen LogP contribution in [-0.2, 0) is 10.0 Å². The Bertz CT molecular complexity index is 898. The van der Waals surface area contributed by atoms with Crippen molar-refractivity contribution in [1.82, 2.24) is 4.72 Å². The molecule has 0 aromatic heterocycles. The first kappa shape index (κ1) is 17.4. The summed E-state index contributed by atoms with van der Waals surface area (Å²) in [5.74, 6) is -0.411. The van der Waals surface area contributed by atoms with Crippen molar-refractivity contribution in [3.8, 4) is 0 Å². The number of amides is 1. The number of hydrogen-bond donors (Lipinski definition) is 2. The van der Waals surface area contributed by atoms with E-state index >= 15 is 0 Å². The first-order valence-electron chi connectivity index (χ1n) is 7.24. The Hall–Kier alpha value is -1.41. The summed E-state index contributed by atoms with van der Waals surface area (Å²) in [5, 5.41) is 2.99. The number of halogens is 2. The van der Waals surface area contributed by atoms with E-state index in [-0.39, 0.29) is 10.9 Å². The second kappa shape index (κ2) is 6.84. The SMILES string of the molecule is O=C(Nc1cccc(S(=O)(=O)NC2CC2)c1)c1cc(Br)ccc1Cl. The summed E-state index contributed by atoms with van der Waals surface area (Å²) in [6.07, 6.45) is 1.72. The Morgan fingerprint density at radius 1 is 1.17 bits per heavy atom. The highest BCUT2D eigenvalue weighted by Gasteiger charge is 2.28. The van der Waals surface area contributed by atoms with Crippen LogP contribution < -0.4 is 10.0 Å². The standard InChI is InChI=1S/C16H14BrClN2O3S/c17-10-4-7-15(18)14(8-10)16(21)19-12-2-1-3-13(9-12)24(22,23)20-11-5-6-11/h1-4,7-9,11,20H,5-6H2,(H,19,21). The lowest BCUT2D eigenvalue weighted by atomic mass is 10.2. The van der Waals surface area contributed by atoms with Gasteiger partial charge in [-0.05, 0) is 49.2 Å². The summed E-state index contributed by atoms with van der Waals surface area (Å²) < 4.78 is 27.8. The summed E-state index contributed by atoms with van der Waals surface area (Å²) >= 11 is 9.33. The molecule has 126 valence electrons. The lowest BCUT2D eigenvalue weighted by Gasteiger charge is -2.10. The number of hydrogen-bond acceptors (Lipinski definition) is 3. The molecule has 2 N–H and O–H groups in total. The van der Waals surface area contributed by atoms with Gasteiger partial charge in [0.25, 0.3) is 5.91 Å². The molecule has 0 heterocycles. The average Bonchev–Trinajstić information content (AvgIpc) is 3.33. The Balaban J connectivity index is 1.81. The molecule has 8 heteroatoms.